The Morgan fingerprint density at radius 3 is 2.37 bits per heavy atom. The predicted octanol–water partition coefficient (Wildman–Crippen LogP) is 2.97. The van der Waals surface area contributed by atoms with Crippen molar-refractivity contribution >= 4 is 17.9 Å². The molecule has 2 atom stereocenters. The van der Waals surface area contributed by atoms with Gasteiger partial charge < -0.3 is 9.64 Å². The molecule has 2 heterocycles. The number of nitrogens with zero attached hydrogens (tertiary/aromatic N) is 5. The van der Waals surface area contributed by atoms with E-state index < -0.39 is 23.8 Å². The number of likely N-dealkylation sites (tertiary alicyclic amines) is 1. The average Bonchev–Trinajstić information content (AvgIpc) is 3.09. The van der Waals surface area contributed by atoms with Crippen LogP contribution in [0.1, 0.15) is 47.9 Å². The van der Waals surface area contributed by atoms with Gasteiger partial charge in [0.15, 0.2) is 0 Å². The van der Waals surface area contributed by atoms with Crippen molar-refractivity contribution < 1.29 is 19.1 Å². The first kappa shape index (κ1) is 18.7. The van der Waals surface area contributed by atoms with Crippen molar-refractivity contribution in [3.05, 3.63) is 45.8 Å². The van der Waals surface area contributed by atoms with Gasteiger partial charge in [0.05, 0.1) is 23.2 Å². The van der Waals surface area contributed by atoms with Crippen LogP contribution >= 0.6 is 0 Å². The molecule has 0 aromatic heterocycles. The molecule has 0 unspecified atom stereocenters. The summed E-state index contributed by atoms with van der Waals surface area (Å²) in [5.74, 6) is -0.765. The predicted molar refractivity (Wildman–Crippen MR) is 96.1 cm³/mol. The van der Waals surface area contributed by atoms with Crippen molar-refractivity contribution in [3.8, 4) is 0 Å². The molecule has 0 spiro atoms. The van der Waals surface area contributed by atoms with Crippen LogP contribution in [0.4, 0.5) is 4.79 Å². The van der Waals surface area contributed by atoms with Crippen LogP contribution in [0, 0.1) is 0 Å². The van der Waals surface area contributed by atoms with Crippen LogP contribution in [0.2, 0.25) is 0 Å². The van der Waals surface area contributed by atoms with Crippen LogP contribution in [0.15, 0.2) is 29.4 Å². The number of azide groups is 1. The lowest BCUT2D eigenvalue weighted by atomic mass is 10.1. The molecule has 0 saturated carbocycles. The molecule has 0 radical (unpaired) electrons. The summed E-state index contributed by atoms with van der Waals surface area (Å²) >= 11 is 0. The monoisotopic (exact) mass is 371 g/mol. The third-order valence-corrected chi connectivity index (χ3v) is 4.51. The van der Waals surface area contributed by atoms with Crippen molar-refractivity contribution in [2.24, 2.45) is 5.11 Å². The molecular weight excluding hydrogens is 350 g/mol. The normalized spacial score (nSPS) is 21.9. The fourth-order valence-corrected chi connectivity index (χ4v) is 3.38. The summed E-state index contributed by atoms with van der Waals surface area (Å²) in [5.41, 5.74) is 8.74. The summed E-state index contributed by atoms with van der Waals surface area (Å²) in [7, 11) is 0. The fourth-order valence-electron chi connectivity index (χ4n) is 3.38. The Labute approximate surface area is 156 Å². The van der Waals surface area contributed by atoms with Crippen LogP contribution in [-0.4, -0.2) is 58.5 Å². The fraction of sp³-hybridized carbons (Fsp3) is 0.500. The van der Waals surface area contributed by atoms with Crippen LogP contribution in [0.3, 0.4) is 0 Å². The van der Waals surface area contributed by atoms with E-state index in [0.717, 1.165) is 4.90 Å². The number of fused-ring (bicyclic) bond motifs is 1. The lowest BCUT2D eigenvalue weighted by Crippen LogP contribution is -2.46. The third kappa shape index (κ3) is 3.73. The van der Waals surface area contributed by atoms with E-state index in [4.69, 9.17) is 10.3 Å². The van der Waals surface area contributed by atoms with Gasteiger partial charge in [0, 0.05) is 18.0 Å². The van der Waals surface area contributed by atoms with Crippen LogP contribution in [0.25, 0.3) is 10.4 Å². The van der Waals surface area contributed by atoms with Crippen molar-refractivity contribution in [2.45, 2.75) is 44.9 Å². The molecule has 0 aliphatic carbocycles. The van der Waals surface area contributed by atoms with Gasteiger partial charge in [-0.15, -0.1) is 0 Å². The number of ether oxygens (including phenoxy) is 1. The Kier molecular flexibility index (Phi) is 4.80. The van der Waals surface area contributed by atoms with E-state index in [1.54, 1.807) is 45.0 Å². The van der Waals surface area contributed by atoms with Gasteiger partial charge in [-0.25, -0.2) is 4.79 Å². The molecule has 9 nitrogen and oxygen atoms in total. The van der Waals surface area contributed by atoms with Gasteiger partial charge in [0.1, 0.15) is 5.60 Å². The topological polar surface area (TPSA) is 116 Å². The summed E-state index contributed by atoms with van der Waals surface area (Å²) < 4.78 is 5.42. The van der Waals surface area contributed by atoms with Crippen LogP contribution < -0.4 is 0 Å². The van der Waals surface area contributed by atoms with Gasteiger partial charge in [-0.05, 0) is 44.9 Å². The quantitative estimate of drug-likeness (QED) is 0.351. The number of hydrogen-bond acceptors (Lipinski definition) is 5. The molecule has 0 N–H and O–H groups in total. The first-order valence-corrected chi connectivity index (χ1v) is 8.70. The smallest absolute Gasteiger partial charge is 0.410 e. The van der Waals surface area contributed by atoms with E-state index in [2.05, 4.69) is 10.0 Å². The molecule has 1 aromatic carbocycles. The molecule has 1 saturated heterocycles. The highest BCUT2D eigenvalue weighted by atomic mass is 16.6. The number of imide groups is 1. The Balaban J connectivity index is 1.81. The molecule has 27 heavy (non-hydrogen) atoms. The average molecular weight is 371 g/mol. The van der Waals surface area contributed by atoms with E-state index in [9.17, 15) is 14.4 Å². The Morgan fingerprint density at radius 1 is 1.26 bits per heavy atom. The van der Waals surface area contributed by atoms with Gasteiger partial charge in [-0.1, -0.05) is 17.2 Å². The van der Waals surface area contributed by atoms with Gasteiger partial charge in [-0.2, -0.15) is 0 Å². The lowest BCUT2D eigenvalue weighted by molar-refractivity contribution is 0.0190. The Hall–Kier alpha value is -3.06. The maximum absolute atomic E-state index is 12.6. The second-order valence-electron chi connectivity index (χ2n) is 7.65. The minimum absolute atomic E-state index is 0.0308. The minimum atomic E-state index is -0.687. The van der Waals surface area contributed by atoms with E-state index in [0.29, 0.717) is 17.5 Å². The van der Waals surface area contributed by atoms with E-state index in [1.807, 2.05) is 0 Å². The second-order valence-corrected chi connectivity index (χ2v) is 7.65. The molecule has 2 aliphatic heterocycles. The molecule has 1 fully saturated rings. The summed E-state index contributed by atoms with van der Waals surface area (Å²) in [6, 6.07) is 5.72. The van der Waals surface area contributed by atoms with Gasteiger partial charge >= 0.3 is 6.09 Å². The number of benzene rings is 1. The lowest BCUT2D eigenvalue weighted by Gasteiger charge is -2.30. The maximum Gasteiger partial charge on any atom is 0.410 e. The molecule has 142 valence electrons. The number of carbonyl (C=O) groups excluding carboxylic acids is 3. The number of hydrogen-bond donors (Lipinski definition) is 0. The molecule has 3 rings (SSSR count). The zero-order chi connectivity index (χ0) is 19.8. The maximum atomic E-state index is 12.6. The molecule has 3 amide bonds. The van der Waals surface area contributed by atoms with Crippen molar-refractivity contribution in [1.82, 2.24) is 9.80 Å². The van der Waals surface area contributed by atoms with Crippen molar-refractivity contribution in [2.75, 3.05) is 13.1 Å². The molecular formula is C18H21N5O4. The van der Waals surface area contributed by atoms with Crippen molar-refractivity contribution in [3.63, 3.8) is 0 Å². The first-order valence-electron chi connectivity index (χ1n) is 8.70. The van der Waals surface area contributed by atoms with Crippen molar-refractivity contribution in [1.29, 1.82) is 0 Å². The molecule has 1 aromatic rings. The molecule has 9 heteroatoms. The summed E-state index contributed by atoms with van der Waals surface area (Å²) in [5, 5.41) is 3.70. The largest absolute Gasteiger partial charge is 0.444 e. The number of amides is 3. The highest BCUT2D eigenvalue weighted by Gasteiger charge is 2.42. The summed E-state index contributed by atoms with van der Waals surface area (Å²) in [6.07, 6.45) is -0.198. The van der Waals surface area contributed by atoms with E-state index >= 15 is 0 Å². The van der Waals surface area contributed by atoms with Gasteiger partial charge in [0.2, 0.25) is 0 Å². The standard InChI is InChI=1S/C18H21N5O4/c1-18(2,3)27-17(26)22-9-11(20-21-19)8-12(22)10-23-15(24)13-6-4-5-7-14(13)16(23)25/h4-7,11-12H,8-10H2,1-3H3/t11-,12-/m1/s1. The second kappa shape index (κ2) is 6.92. The molecule has 0 bridgehead atoms. The first-order chi connectivity index (χ1) is 12.7. The van der Waals surface area contributed by atoms with Gasteiger partial charge in [-0.3, -0.25) is 14.5 Å². The number of carbonyl (C=O) groups is 3. The zero-order valence-corrected chi connectivity index (χ0v) is 15.5. The number of rotatable bonds is 3. The third-order valence-electron chi connectivity index (χ3n) is 4.51. The zero-order valence-electron chi connectivity index (χ0n) is 15.5. The van der Waals surface area contributed by atoms with Crippen LogP contribution in [0.5, 0.6) is 0 Å². The summed E-state index contributed by atoms with van der Waals surface area (Å²) in [6.45, 7) is 5.48. The van der Waals surface area contributed by atoms with Crippen LogP contribution in [-0.2, 0) is 4.74 Å². The summed E-state index contributed by atoms with van der Waals surface area (Å²) in [4.78, 5) is 43.1. The minimum Gasteiger partial charge on any atom is -0.444 e. The van der Waals surface area contributed by atoms with Gasteiger partial charge in [0.25, 0.3) is 11.8 Å². The molecule has 2 aliphatic rings. The van der Waals surface area contributed by atoms with E-state index in [1.165, 1.54) is 4.90 Å². The Morgan fingerprint density at radius 2 is 1.85 bits per heavy atom. The van der Waals surface area contributed by atoms with E-state index in [-0.39, 0.29) is 24.9 Å². The highest BCUT2D eigenvalue weighted by molar-refractivity contribution is 6.21. The highest BCUT2D eigenvalue weighted by Crippen LogP contribution is 2.28. The SMILES string of the molecule is CC(C)(C)OC(=O)N1C[C@H](N=[N+]=[N-])C[C@@H]1CN1C(=O)c2ccccc2C1=O. The Bertz CT molecular complexity index is 805.